The van der Waals surface area contributed by atoms with E-state index in [2.05, 4.69) is 22.2 Å². The number of nitrogens with one attached hydrogen (secondary N) is 1. The van der Waals surface area contributed by atoms with Crippen molar-refractivity contribution in [3.05, 3.63) is 63.8 Å². The Labute approximate surface area is 221 Å². The van der Waals surface area contributed by atoms with Gasteiger partial charge in [0.15, 0.2) is 5.65 Å². The fourth-order valence-corrected chi connectivity index (χ4v) is 5.70. The first kappa shape index (κ1) is 25.9. The van der Waals surface area contributed by atoms with Gasteiger partial charge in [-0.25, -0.2) is 13.9 Å². The molecule has 0 spiro atoms. The van der Waals surface area contributed by atoms with Crippen LogP contribution in [0.3, 0.4) is 0 Å². The Morgan fingerprint density at radius 2 is 2.05 bits per heavy atom. The summed E-state index contributed by atoms with van der Waals surface area (Å²) in [5, 5.41) is 9.14. The number of hydrazine groups is 1. The van der Waals surface area contributed by atoms with E-state index in [9.17, 15) is 14.1 Å². The summed E-state index contributed by atoms with van der Waals surface area (Å²) in [6, 6.07) is 1.77. The maximum absolute atomic E-state index is 14.6. The molecular weight excluding hydrogens is 489 g/mol. The zero-order valence-electron chi connectivity index (χ0n) is 22.2. The Hall–Kier alpha value is -3.76. The third-order valence-corrected chi connectivity index (χ3v) is 7.76. The van der Waals surface area contributed by atoms with Crippen LogP contribution in [0.1, 0.15) is 55.8 Å². The van der Waals surface area contributed by atoms with Crippen LogP contribution in [0.15, 0.2) is 53.3 Å². The molecule has 0 bridgehead atoms. The standard InChI is InChI=1S/C27H34FN7O3/c1-4-18-7-8-19(28)16-21(25(18)38-3)23-6-5-12-34(23)24-11-15-35-26(31-24)22(17-29-35)27(36)30-20-9-13-33(14-10-20)32(2)37/h8,11,15-17,20,23H,4-7,9-10,12-14H2,1-3H3/p+1. The van der Waals surface area contributed by atoms with Gasteiger partial charge in [-0.3, -0.25) is 4.79 Å². The molecule has 0 radical (unpaired) electrons. The van der Waals surface area contributed by atoms with Crippen molar-refractivity contribution in [1.29, 1.82) is 0 Å². The van der Waals surface area contributed by atoms with Crippen molar-refractivity contribution < 1.29 is 18.8 Å². The number of rotatable bonds is 7. The second kappa shape index (κ2) is 10.9. The minimum absolute atomic E-state index is 0.0167. The lowest BCUT2D eigenvalue weighted by Crippen LogP contribution is -2.46. The van der Waals surface area contributed by atoms with Crippen LogP contribution in [0, 0.1) is 4.91 Å². The Kier molecular flexibility index (Phi) is 7.44. The zero-order valence-corrected chi connectivity index (χ0v) is 22.2. The van der Waals surface area contributed by atoms with Crippen molar-refractivity contribution in [2.24, 2.45) is 0 Å². The predicted octanol–water partition coefficient (Wildman–Crippen LogP) is 3.71. The Bertz CT molecular complexity index is 1320. The first-order chi connectivity index (χ1) is 18.4. The van der Waals surface area contributed by atoms with Crippen LogP contribution >= 0.6 is 0 Å². The van der Waals surface area contributed by atoms with Gasteiger partial charge >= 0.3 is 0 Å². The molecule has 2 aromatic heterocycles. The van der Waals surface area contributed by atoms with Gasteiger partial charge in [-0.2, -0.15) is 5.10 Å². The molecule has 2 aliphatic heterocycles. The van der Waals surface area contributed by atoms with E-state index in [1.54, 1.807) is 35.0 Å². The molecule has 1 atom stereocenters. The van der Waals surface area contributed by atoms with E-state index in [4.69, 9.17) is 9.72 Å². The summed E-state index contributed by atoms with van der Waals surface area (Å²) in [6.45, 7) is 4.02. The van der Waals surface area contributed by atoms with Crippen LogP contribution in [0.4, 0.5) is 10.2 Å². The molecule has 10 nitrogen and oxygen atoms in total. The molecule has 4 heterocycles. The van der Waals surface area contributed by atoms with Gasteiger partial charge in [0.2, 0.25) is 7.05 Å². The fraction of sp³-hybridized carbons (Fsp3) is 0.519. The van der Waals surface area contributed by atoms with Gasteiger partial charge in [-0.1, -0.05) is 6.92 Å². The average molecular weight is 525 g/mol. The monoisotopic (exact) mass is 524 g/mol. The third-order valence-electron chi connectivity index (χ3n) is 7.76. The summed E-state index contributed by atoms with van der Waals surface area (Å²) in [5.41, 5.74) is 2.78. The van der Waals surface area contributed by atoms with Crippen LogP contribution in [-0.2, 0) is 4.74 Å². The Morgan fingerprint density at radius 3 is 2.76 bits per heavy atom. The molecule has 1 aliphatic carbocycles. The number of nitroso groups, excluding NO2 is 1. The van der Waals surface area contributed by atoms with Gasteiger partial charge in [-0.05, 0) is 62.3 Å². The molecule has 0 aromatic carbocycles. The van der Waals surface area contributed by atoms with Crippen molar-refractivity contribution in [2.45, 2.75) is 57.5 Å². The van der Waals surface area contributed by atoms with Crippen molar-refractivity contribution in [1.82, 2.24) is 24.9 Å². The molecule has 38 heavy (non-hydrogen) atoms. The SMILES string of the molecule is CCC1=C(OC)C(C2CCCN2c2ccn3ncc(C(=O)NC4CCN([N+](C)=O)CC4)c3n2)=CC(F)=CC1. The number of aromatic nitrogens is 3. The lowest BCUT2D eigenvalue weighted by Gasteiger charge is -2.29. The van der Waals surface area contributed by atoms with Crippen LogP contribution in [-0.4, -0.2) is 76.3 Å². The smallest absolute Gasteiger partial charge is 0.256 e. The van der Waals surface area contributed by atoms with Gasteiger partial charge in [0, 0.05) is 24.4 Å². The Balaban J connectivity index is 1.40. The number of amides is 1. The molecule has 2 fully saturated rings. The summed E-state index contributed by atoms with van der Waals surface area (Å²) in [5.74, 6) is 0.987. The van der Waals surface area contributed by atoms with E-state index in [1.165, 1.54) is 13.2 Å². The number of nitrogens with zero attached hydrogens (tertiary/aromatic N) is 6. The second-order valence-corrected chi connectivity index (χ2v) is 10.0. The van der Waals surface area contributed by atoms with Crippen molar-refractivity contribution >= 4 is 17.4 Å². The van der Waals surface area contributed by atoms with Gasteiger partial charge < -0.3 is 15.0 Å². The summed E-state index contributed by atoms with van der Waals surface area (Å²) < 4.78 is 22.1. The number of piperidine rings is 1. The van der Waals surface area contributed by atoms with Crippen LogP contribution < -0.4 is 10.2 Å². The van der Waals surface area contributed by atoms with E-state index in [-0.39, 0.29) is 23.8 Å². The highest BCUT2D eigenvalue weighted by Crippen LogP contribution is 2.37. The van der Waals surface area contributed by atoms with E-state index in [1.807, 2.05) is 6.07 Å². The number of carbonyl (C=O) groups is 1. The normalized spacial score (nSPS) is 20.9. The summed E-state index contributed by atoms with van der Waals surface area (Å²) in [6.07, 6.45) is 11.0. The topological polar surface area (TPSA) is 95.1 Å². The van der Waals surface area contributed by atoms with Gasteiger partial charge in [0.1, 0.15) is 27.8 Å². The zero-order chi connectivity index (χ0) is 26.8. The lowest BCUT2D eigenvalue weighted by atomic mass is 9.98. The molecule has 1 unspecified atom stereocenters. The van der Waals surface area contributed by atoms with Crippen LogP contribution in [0.5, 0.6) is 0 Å². The average Bonchev–Trinajstić information content (AvgIpc) is 3.54. The summed E-state index contributed by atoms with van der Waals surface area (Å²) in [4.78, 5) is 32.6. The molecule has 202 valence electrons. The first-order valence-electron chi connectivity index (χ1n) is 13.3. The number of anilines is 1. The molecule has 1 amide bonds. The van der Waals surface area contributed by atoms with E-state index in [0.717, 1.165) is 47.6 Å². The number of hydrogen-bond donors (Lipinski definition) is 1. The quantitative estimate of drug-likeness (QED) is 0.552. The molecule has 3 aliphatic rings. The molecule has 5 rings (SSSR count). The van der Waals surface area contributed by atoms with Gasteiger partial charge in [0.05, 0.1) is 37.3 Å². The summed E-state index contributed by atoms with van der Waals surface area (Å²) in [7, 11) is 3.13. The third kappa shape index (κ3) is 5.01. The van der Waals surface area contributed by atoms with Crippen molar-refractivity contribution in [3.63, 3.8) is 0 Å². The van der Waals surface area contributed by atoms with Gasteiger partial charge in [-0.15, -0.1) is 5.01 Å². The molecule has 1 N–H and O–H groups in total. The fourth-order valence-electron chi connectivity index (χ4n) is 5.70. The summed E-state index contributed by atoms with van der Waals surface area (Å²) >= 11 is 0. The Morgan fingerprint density at radius 1 is 1.26 bits per heavy atom. The highest BCUT2D eigenvalue weighted by atomic mass is 19.1. The molecule has 0 saturated carbocycles. The highest BCUT2D eigenvalue weighted by molar-refractivity contribution is 6.00. The minimum Gasteiger partial charge on any atom is -0.496 e. The van der Waals surface area contributed by atoms with Crippen LogP contribution in [0.2, 0.25) is 0 Å². The van der Waals surface area contributed by atoms with Crippen molar-refractivity contribution in [3.8, 4) is 0 Å². The maximum Gasteiger partial charge on any atom is 0.256 e. The molecule has 2 saturated heterocycles. The van der Waals surface area contributed by atoms with E-state index < -0.39 is 0 Å². The molecular formula is C27H35FN7O3+. The predicted molar refractivity (Wildman–Crippen MR) is 141 cm³/mol. The lowest BCUT2D eigenvalue weighted by molar-refractivity contribution is -0.687. The minimum atomic E-state index is -0.254. The van der Waals surface area contributed by atoms with Crippen LogP contribution in [0.25, 0.3) is 5.65 Å². The number of allylic oxidation sites excluding steroid dienone is 4. The number of carbonyl (C=O) groups excluding carboxylic acids is 1. The molecule has 2 aromatic rings. The highest BCUT2D eigenvalue weighted by Gasteiger charge is 2.33. The maximum atomic E-state index is 14.6. The van der Waals surface area contributed by atoms with Crippen molar-refractivity contribution in [2.75, 3.05) is 38.7 Å². The van der Waals surface area contributed by atoms with E-state index >= 15 is 0 Å². The number of methoxy groups -OCH3 is 1. The second-order valence-electron chi connectivity index (χ2n) is 10.0. The molecule has 11 heteroatoms. The number of ether oxygens (including phenoxy) is 1. The van der Waals surface area contributed by atoms with E-state index in [0.29, 0.717) is 49.4 Å². The number of halogens is 1. The first-order valence-corrected chi connectivity index (χ1v) is 13.3. The number of hydrogen-bond acceptors (Lipinski definition) is 6. The largest absolute Gasteiger partial charge is 0.496 e. The number of fused-ring (bicyclic) bond motifs is 1. The van der Waals surface area contributed by atoms with Gasteiger partial charge in [0.25, 0.3) is 5.91 Å².